The van der Waals surface area contributed by atoms with Crippen molar-refractivity contribution < 1.29 is 22.7 Å². The molecule has 0 bridgehead atoms. The monoisotopic (exact) mass is 434 g/mol. The van der Waals surface area contributed by atoms with Crippen LogP contribution in [-0.2, 0) is 14.8 Å². The number of pyridine rings is 1. The van der Waals surface area contributed by atoms with E-state index in [4.69, 9.17) is 21.1 Å². The van der Waals surface area contributed by atoms with Gasteiger partial charge in [-0.2, -0.15) is 0 Å². The maximum Gasteiger partial charge on any atom is 0.345 e. The fourth-order valence-corrected chi connectivity index (χ4v) is 4.61. The van der Waals surface area contributed by atoms with Crippen LogP contribution in [0.2, 0.25) is 0 Å². The highest BCUT2D eigenvalue weighted by molar-refractivity contribution is 7.94. The lowest BCUT2D eigenvalue weighted by Crippen LogP contribution is -2.49. The van der Waals surface area contributed by atoms with Crippen molar-refractivity contribution in [2.24, 2.45) is 0 Å². The summed E-state index contributed by atoms with van der Waals surface area (Å²) >= 11 is 6.03. The van der Waals surface area contributed by atoms with Crippen LogP contribution in [0.15, 0.2) is 72.1 Å². The molecule has 1 aliphatic rings. The molecule has 1 aromatic carbocycles. The van der Waals surface area contributed by atoms with E-state index < -0.39 is 26.8 Å². The van der Waals surface area contributed by atoms with Crippen molar-refractivity contribution in [3.8, 4) is 5.75 Å². The number of nitrogens with zero attached hydrogens (tertiary/aromatic N) is 1. The third-order valence-electron chi connectivity index (χ3n) is 4.43. The topological polar surface area (TPSA) is 94.6 Å². The molecule has 1 aliphatic carbocycles. The van der Waals surface area contributed by atoms with Crippen LogP contribution in [0.3, 0.4) is 0 Å². The van der Waals surface area contributed by atoms with E-state index in [-0.39, 0.29) is 16.3 Å². The maximum absolute atomic E-state index is 13.1. The van der Waals surface area contributed by atoms with Crippen molar-refractivity contribution in [3.05, 3.63) is 77.6 Å². The summed E-state index contributed by atoms with van der Waals surface area (Å²) in [5, 5.41) is 0.282. The Labute approximate surface area is 174 Å². The van der Waals surface area contributed by atoms with E-state index in [2.05, 4.69) is 9.71 Å². The van der Waals surface area contributed by atoms with Crippen LogP contribution in [0.25, 0.3) is 0 Å². The Hall–Kier alpha value is -2.68. The van der Waals surface area contributed by atoms with Crippen LogP contribution in [0.4, 0.5) is 5.69 Å². The van der Waals surface area contributed by atoms with Crippen LogP contribution in [-0.4, -0.2) is 37.3 Å². The molecule has 0 saturated heterocycles. The Kier molecular flexibility index (Phi) is 6.07. The number of para-hydroxylation sites is 1. The molecule has 0 aliphatic heterocycles. The van der Waals surface area contributed by atoms with Crippen molar-refractivity contribution in [1.82, 2.24) is 4.98 Å². The predicted octanol–water partition coefficient (Wildman–Crippen LogP) is 3.51. The number of carbonyl (C=O) groups is 1. The van der Waals surface area contributed by atoms with E-state index in [1.807, 2.05) is 0 Å². The van der Waals surface area contributed by atoms with Gasteiger partial charge in [0.1, 0.15) is 16.6 Å². The highest BCUT2D eigenvalue weighted by Gasteiger charge is 2.45. The molecule has 3 rings (SSSR count). The van der Waals surface area contributed by atoms with Gasteiger partial charge < -0.3 is 9.47 Å². The van der Waals surface area contributed by atoms with Crippen molar-refractivity contribution in [2.45, 2.75) is 17.8 Å². The van der Waals surface area contributed by atoms with E-state index in [9.17, 15) is 13.2 Å². The number of sulfonamides is 1. The number of allylic oxidation sites excluding steroid dienone is 2. The van der Waals surface area contributed by atoms with Gasteiger partial charge in [0.2, 0.25) is 10.0 Å². The Morgan fingerprint density at radius 3 is 2.66 bits per heavy atom. The van der Waals surface area contributed by atoms with Gasteiger partial charge in [-0.05, 0) is 37.3 Å². The molecule has 9 heteroatoms. The largest absolute Gasteiger partial charge is 0.423 e. The summed E-state index contributed by atoms with van der Waals surface area (Å²) in [7, 11) is -2.60. The summed E-state index contributed by atoms with van der Waals surface area (Å²) in [5.41, 5.74) is 0.210. The Morgan fingerprint density at radius 2 is 1.97 bits per heavy atom. The molecule has 1 N–H and O–H groups in total. The van der Waals surface area contributed by atoms with Crippen molar-refractivity contribution in [2.75, 3.05) is 11.8 Å². The van der Waals surface area contributed by atoms with Crippen LogP contribution in [0.5, 0.6) is 5.75 Å². The standard InChI is InChI=1S/C20H19ClN2O5S/c1-20(11-15(21)8-9-18(20)27-2)29(25,26)23-16-10-14(12-22-13-16)19(24)28-17-6-4-3-5-7-17/h3-13,18,23H,1-2H3. The number of hydrogen-bond acceptors (Lipinski definition) is 6. The van der Waals surface area contributed by atoms with Crippen LogP contribution in [0, 0.1) is 0 Å². The van der Waals surface area contributed by atoms with E-state index in [0.29, 0.717) is 5.75 Å². The molecule has 0 amide bonds. The second kappa shape index (κ2) is 8.36. The number of nitrogens with one attached hydrogen (secondary N) is 1. The second-order valence-corrected chi connectivity index (χ2v) is 9.03. The molecule has 0 saturated carbocycles. The molecule has 2 atom stereocenters. The van der Waals surface area contributed by atoms with Crippen LogP contribution >= 0.6 is 11.6 Å². The Balaban J connectivity index is 1.84. The number of esters is 1. The SMILES string of the molecule is COC1C=CC(Cl)=CC1(C)S(=O)(=O)Nc1cncc(C(=O)Oc2ccccc2)c1. The van der Waals surface area contributed by atoms with Gasteiger partial charge in [-0.1, -0.05) is 35.9 Å². The van der Waals surface area contributed by atoms with Gasteiger partial charge in [0, 0.05) is 18.3 Å². The summed E-state index contributed by atoms with van der Waals surface area (Å²) in [6, 6.07) is 9.88. The number of rotatable bonds is 6. The van der Waals surface area contributed by atoms with Crippen molar-refractivity contribution in [3.63, 3.8) is 0 Å². The highest BCUT2D eigenvalue weighted by Crippen LogP contribution is 2.33. The molecule has 29 heavy (non-hydrogen) atoms. The van der Waals surface area contributed by atoms with Crippen LogP contribution in [0.1, 0.15) is 17.3 Å². The highest BCUT2D eigenvalue weighted by atomic mass is 35.5. The first-order valence-electron chi connectivity index (χ1n) is 8.59. The number of anilines is 1. The van der Waals surface area contributed by atoms with Crippen LogP contribution < -0.4 is 9.46 Å². The van der Waals surface area contributed by atoms with E-state index in [1.165, 1.54) is 38.6 Å². The van der Waals surface area contributed by atoms with Gasteiger partial charge in [-0.15, -0.1) is 0 Å². The lowest BCUT2D eigenvalue weighted by atomic mass is 9.98. The first-order valence-corrected chi connectivity index (χ1v) is 10.5. The second-order valence-electron chi connectivity index (χ2n) is 6.50. The summed E-state index contributed by atoms with van der Waals surface area (Å²) in [6.07, 6.45) is 6.41. The van der Waals surface area contributed by atoms with Crippen molar-refractivity contribution >= 4 is 33.3 Å². The summed E-state index contributed by atoms with van der Waals surface area (Å²) in [4.78, 5) is 16.3. The van der Waals surface area contributed by atoms with Gasteiger partial charge in [0.15, 0.2) is 0 Å². The first-order chi connectivity index (χ1) is 13.7. The molecule has 2 unspecified atom stereocenters. The Morgan fingerprint density at radius 1 is 1.24 bits per heavy atom. The molecule has 0 radical (unpaired) electrons. The molecule has 1 heterocycles. The normalized spacial score (nSPS) is 21.3. The third kappa shape index (κ3) is 4.50. The summed E-state index contributed by atoms with van der Waals surface area (Å²) < 4.78 is 37.7. The molecule has 152 valence electrons. The predicted molar refractivity (Wildman–Crippen MR) is 110 cm³/mol. The minimum Gasteiger partial charge on any atom is -0.423 e. The average molecular weight is 435 g/mol. The lowest BCUT2D eigenvalue weighted by molar-refractivity contribution is 0.0734. The van der Waals surface area contributed by atoms with E-state index >= 15 is 0 Å². The maximum atomic E-state index is 13.1. The molecule has 0 fully saturated rings. The van der Waals surface area contributed by atoms with Crippen molar-refractivity contribution in [1.29, 1.82) is 0 Å². The minimum atomic E-state index is -4.01. The molecular formula is C20H19ClN2O5S. The molecule has 0 spiro atoms. The molecular weight excluding hydrogens is 416 g/mol. The fourth-order valence-electron chi connectivity index (χ4n) is 2.84. The fraction of sp³-hybridized carbons (Fsp3) is 0.200. The zero-order valence-corrected chi connectivity index (χ0v) is 17.3. The minimum absolute atomic E-state index is 0.0969. The number of ether oxygens (including phenoxy) is 2. The molecule has 1 aromatic heterocycles. The summed E-state index contributed by atoms with van der Waals surface area (Å²) in [5.74, 6) is -0.290. The van der Waals surface area contributed by atoms with E-state index in [1.54, 1.807) is 42.5 Å². The number of carbonyl (C=O) groups excluding carboxylic acids is 1. The number of aromatic nitrogens is 1. The van der Waals surface area contributed by atoms with Gasteiger partial charge in [0.25, 0.3) is 0 Å². The van der Waals surface area contributed by atoms with Gasteiger partial charge >= 0.3 is 5.97 Å². The number of methoxy groups -OCH3 is 1. The summed E-state index contributed by atoms with van der Waals surface area (Å²) in [6.45, 7) is 1.50. The van der Waals surface area contributed by atoms with Gasteiger partial charge in [-0.3, -0.25) is 9.71 Å². The molecule has 7 nitrogen and oxygen atoms in total. The van der Waals surface area contributed by atoms with E-state index in [0.717, 1.165) is 0 Å². The van der Waals surface area contributed by atoms with Gasteiger partial charge in [0.05, 0.1) is 17.4 Å². The quantitative estimate of drug-likeness (QED) is 0.552. The number of hydrogen-bond donors (Lipinski definition) is 1. The van der Waals surface area contributed by atoms with Gasteiger partial charge in [-0.25, -0.2) is 13.2 Å². The Bertz CT molecular complexity index is 1070. The zero-order chi connectivity index (χ0) is 21.1. The lowest BCUT2D eigenvalue weighted by Gasteiger charge is -2.34. The number of benzene rings is 1. The smallest absolute Gasteiger partial charge is 0.345 e. The third-order valence-corrected chi connectivity index (χ3v) is 6.68. The zero-order valence-electron chi connectivity index (χ0n) is 15.7. The molecule has 2 aromatic rings. The number of halogens is 1. The average Bonchev–Trinajstić information content (AvgIpc) is 2.68. The first kappa shape index (κ1) is 21.0.